The van der Waals surface area contributed by atoms with Gasteiger partial charge in [-0.15, -0.1) is 0 Å². The van der Waals surface area contributed by atoms with Crippen molar-refractivity contribution in [3.63, 3.8) is 0 Å². The summed E-state index contributed by atoms with van der Waals surface area (Å²) in [4.78, 5) is 26.8. The molecule has 0 bridgehead atoms. The molecule has 0 fully saturated rings. The lowest BCUT2D eigenvalue weighted by molar-refractivity contribution is -0.136. The Labute approximate surface area is 144 Å². The minimum atomic E-state index is -1.19. The summed E-state index contributed by atoms with van der Waals surface area (Å²) in [5, 5.41) is 2.80. The number of benzene rings is 2. The van der Waals surface area contributed by atoms with Crippen LogP contribution in [-0.4, -0.2) is 18.9 Å². The van der Waals surface area contributed by atoms with Crippen LogP contribution in [0.1, 0.15) is 13.8 Å². The number of anilines is 2. The number of hydrogen-bond acceptors (Lipinski definition) is 2. The first-order valence-electron chi connectivity index (χ1n) is 7.23. The van der Waals surface area contributed by atoms with Crippen molar-refractivity contribution in [2.75, 3.05) is 17.3 Å². The van der Waals surface area contributed by atoms with E-state index in [9.17, 15) is 9.59 Å². The maximum atomic E-state index is 12.7. The third kappa shape index (κ3) is 3.79. The van der Waals surface area contributed by atoms with Gasteiger partial charge in [0.25, 0.3) is 0 Å². The van der Waals surface area contributed by atoms with Crippen molar-refractivity contribution < 1.29 is 9.59 Å². The third-order valence-corrected chi connectivity index (χ3v) is 4.36. The fraction of sp³-hybridized carbons (Fsp3) is 0.222. The molecule has 2 rings (SSSR count). The number of halogens is 1. The Morgan fingerprint density at radius 3 is 2.17 bits per heavy atom. The van der Waals surface area contributed by atoms with Crippen LogP contribution in [0.3, 0.4) is 0 Å². The number of hydrogen-bond donors (Lipinski definition) is 1. The van der Waals surface area contributed by atoms with E-state index in [0.717, 1.165) is 10.2 Å². The molecule has 4 nitrogen and oxygen atoms in total. The van der Waals surface area contributed by atoms with Gasteiger partial charge in [0.05, 0.1) is 5.69 Å². The number of para-hydroxylation sites is 2. The van der Waals surface area contributed by atoms with Crippen molar-refractivity contribution in [2.24, 2.45) is 5.41 Å². The maximum Gasteiger partial charge on any atom is 0.241 e. The number of carbonyl (C=O) groups excluding carboxylic acids is 2. The molecule has 1 N–H and O–H groups in total. The Hall–Kier alpha value is -2.14. The van der Waals surface area contributed by atoms with Crippen LogP contribution in [0.25, 0.3) is 0 Å². The van der Waals surface area contributed by atoms with Crippen molar-refractivity contribution >= 4 is 39.1 Å². The first-order chi connectivity index (χ1) is 10.8. The zero-order valence-corrected chi connectivity index (χ0v) is 14.9. The van der Waals surface area contributed by atoms with Crippen LogP contribution in [0, 0.1) is 5.41 Å². The van der Waals surface area contributed by atoms with Gasteiger partial charge in [0, 0.05) is 17.2 Å². The molecule has 0 saturated heterocycles. The van der Waals surface area contributed by atoms with E-state index in [-0.39, 0.29) is 11.8 Å². The molecule has 0 heterocycles. The van der Waals surface area contributed by atoms with Gasteiger partial charge in [-0.25, -0.2) is 0 Å². The zero-order chi connectivity index (χ0) is 17.0. The standard InChI is InChI=1S/C18H19BrN2O2/c1-18(2,16(22)20-15-12-8-7-11-14(15)19)17(23)21(3)13-9-5-4-6-10-13/h4-12H,1-3H3,(H,20,22). The highest BCUT2D eigenvalue weighted by Gasteiger charge is 2.38. The second-order valence-electron chi connectivity index (χ2n) is 5.76. The summed E-state index contributed by atoms with van der Waals surface area (Å²) in [6, 6.07) is 16.6. The number of nitrogens with one attached hydrogen (secondary N) is 1. The normalized spacial score (nSPS) is 11.0. The monoisotopic (exact) mass is 374 g/mol. The highest BCUT2D eigenvalue weighted by Crippen LogP contribution is 2.27. The Morgan fingerprint density at radius 2 is 1.57 bits per heavy atom. The van der Waals surface area contributed by atoms with E-state index in [0.29, 0.717) is 5.69 Å². The Kier molecular flexibility index (Phi) is 5.21. The van der Waals surface area contributed by atoms with Crippen LogP contribution >= 0.6 is 15.9 Å². The van der Waals surface area contributed by atoms with Crippen LogP contribution in [0.15, 0.2) is 59.1 Å². The first-order valence-corrected chi connectivity index (χ1v) is 8.02. The molecule has 0 aliphatic heterocycles. The molecular weight excluding hydrogens is 356 g/mol. The van der Waals surface area contributed by atoms with Gasteiger partial charge in [0.2, 0.25) is 11.8 Å². The largest absolute Gasteiger partial charge is 0.324 e. The fourth-order valence-electron chi connectivity index (χ4n) is 2.13. The molecule has 0 unspecified atom stereocenters. The molecule has 0 aliphatic carbocycles. The molecule has 0 radical (unpaired) electrons. The SMILES string of the molecule is CN(C(=O)C(C)(C)C(=O)Nc1ccccc1Br)c1ccccc1. The van der Waals surface area contributed by atoms with Gasteiger partial charge in [-0.2, -0.15) is 0 Å². The zero-order valence-electron chi connectivity index (χ0n) is 13.3. The Morgan fingerprint density at radius 1 is 1.00 bits per heavy atom. The number of carbonyl (C=O) groups is 2. The summed E-state index contributed by atoms with van der Waals surface area (Å²) in [5.41, 5.74) is 0.194. The van der Waals surface area contributed by atoms with Crippen LogP contribution in [-0.2, 0) is 9.59 Å². The molecule has 0 aliphatic rings. The summed E-state index contributed by atoms with van der Waals surface area (Å²) >= 11 is 3.38. The van der Waals surface area contributed by atoms with E-state index >= 15 is 0 Å². The number of amides is 2. The molecule has 0 saturated carbocycles. The van der Waals surface area contributed by atoms with Crippen LogP contribution in [0.2, 0.25) is 0 Å². The molecule has 23 heavy (non-hydrogen) atoms. The highest BCUT2D eigenvalue weighted by atomic mass is 79.9. The average molecular weight is 375 g/mol. The molecule has 0 aromatic heterocycles. The molecule has 2 aromatic carbocycles. The highest BCUT2D eigenvalue weighted by molar-refractivity contribution is 9.10. The Bertz CT molecular complexity index is 714. The molecular formula is C18H19BrN2O2. The summed E-state index contributed by atoms with van der Waals surface area (Å²) in [6.07, 6.45) is 0. The second kappa shape index (κ2) is 6.96. The van der Waals surface area contributed by atoms with Crippen LogP contribution in [0.5, 0.6) is 0 Å². The lowest BCUT2D eigenvalue weighted by Gasteiger charge is -2.28. The third-order valence-electron chi connectivity index (χ3n) is 3.67. The summed E-state index contributed by atoms with van der Waals surface area (Å²) in [6.45, 7) is 3.25. The molecule has 120 valence electrons. The van der Waals surface area contributed by atoms with E-state index in [1.807, 2.05) is 48.5 Å². The van der Waals surface area contributed by atoms with Gasteiger partial charge in [0.15, 0.2) is 0 Å². The van der Waals surface area contributed by atoms with Gasteiger partial charge in [-0.05, 0) is 54.0 Å². The van der Waals surface area contributed by atoms with Crippen LogP contribution < -0.4 is 10.2 Å². The summed E-state index contributed by atoms with van der Waals surface area (Å²) in [7, 11) is 1.67. The minimum Gasteiger partial charge on any atom is -0.324 e. The molecule has 0 spiro atoms. The second-order valence-corrected chi connectivity index (χ2v) is 6.61. The molecule has 2 amide bonds. The van der Waals surface area contributed by atoms with E-state index in [1.54, 1.807) is 27.0 Å². The maximum absolute atomic E-state index is 12.7. The van der Waals surface area contributed by atoms with Gasteiger partial charge in [0.1, 0.15) is 5.41 Å². The van der Waals surface area contributed by atoms with E-state index < -0.39 is 5.41 Å². The predicted molar refractivity (Wildman–Crippen MR) is 96.4 cm³/mol. The summed E-state index contributed by atoms with van der Waals surface area (Å²) < 4.78 is 0.771. The van der Waals surface area contributed by atoms with Crippen molar-refractivity contribution in [1.29, 1.82) is 0 Å². The van der Waals surface area contributed by atoms with E-state index in [4.69, 9.17) is 0 Å². The van der Waals surface area contributed by atoms with Crippen molar-refractivity contribution in [3.05, 3.63) is 59.1 Å². The fourth-order valence-corrected chi connectivity index (χ4v) is 2.51. The van der Waals surface area contributed by atoms with Gasteiger partial charge in [-0.3, -0.25) is 9.59 Å². The van der Waals surface area contributed by atoms with Crippen molar-refractivity contribution in [1.82, 2.24) is 0 Å². The number of nitrogens with zero attached hydrogens (tertiary/aromatic N) is 1. The average Bonchev–Trinajstić information content (AvgIpc) is 2.56. The first kappa shape index (κ1) is 17.2. The summed E-state index contributed by atoms with van der Waals surface area (Å²) in [5.74, 6) is -0.620. The van der Waals surface area contributed by atoms with Crippen LogP contribution in [0.4, 0.5) is 11.4 Å². The lowest BCUT2D eigenvalue weighted by atomic mass is 9.90. The molecule has 0 atom stereocenters. The van der Waals surface area contributed by atoms with Gasteiger partial charge < -0.3 is 10.2 Å². The predicted octanol–water partition coefficient (Wildman–Crippen LogP) is 4.08. The van der Waals surface area contributed by atoms with Gasteiger partial charge in [-0.1, -0.05) is 30.3 Å². The van der Waals surface area contributed by atoms with E-state index in [1.165, 1.54) is 4.90 Å². The van der Waals surface area contributed by atoms with Crippen molar-refractivity contribution in [2.45, 2.75) is 13.8 Å². The van der Waals surface area contributed by atoms with E-state index in [2.05, 4.69) is 21.2 Å². The smallest absolute Gasteiger partial charge is 0.241 e. The topological polar surface area (TPSA) is 49.4 Å². The molecule has 2 aromatic rings. The minimum absolute atomic E-state index is 0.270. The number of rotatable bonds is 4. The lowest BCUT2D eigenvalue weighted by Crippen LogP contribution is -2.46. The Balaban J connectivity index is 2.18. The quantitative estimate of drug-likeness (QED) is 0.819. The molecule has 5 heteroatoms. The van der Waals surface area contributed by atoms with Crippen molar-refractivity contribution in [3.8, 4) is 0 Å². The van der Waals surface area contributed by atoms with Gasteiger partial charge >= 0.3 is 0 Å².